The Hall–Kier alpha value is -2.94. The molecule has 1 saturated heterocycles. The molecule has 2 aromatic carbocycles. The van der Waals surface area contributed by atoms with Gasteiger partial charge in [0.15, 0.2) is 0 Å². The molecule has 0 aliphatic carbocycles. The molecule has 2 atom stereocenters. The lowest BCUT2D eigenvalue weighted by molar-refractivity contribution is -0.186. The van der Waals surface area contributed by atoms with E-state index in [-0.39, 0.29) is 37.6 Å². The number of ether oxygens (including phenoxy) is 2. The van der Waals surface area contributed by atoms with Gasteiger partial charge in [0.05, 0.1) is 18.9 Å². The number of benzene rings is 2. The van der Waals surface area contributed by atoms with Crippen LogP contribution < -0.4 is 10.6 Å². The highest BCUT2D eigenvalue weighted by atomic mass is 35.5. The summed E-state index contributed by atoms with van der Waals surface area (Å²) in [6.07, 6.45) is 3.72. The van der Waals surface area contributed by atoms with E-state index < -0.39 is 24.0 Å². The van der Waals surface area contributed by atoms with E-state index in [9.17, 15) is 19.1 Å². The zero-order valence-corrected chi connectivity index (χ0v) is 19.9. The molecular formula is C26H28ClFN2O5. The van der Waals surface area contributed by atoms with Crippen LogP contribution >= 0.6 is 11.6 Å². The van der Waals surface area contributed by atoms with Gasteiger partial charge in [-0.2, -0.15) is 0 Å². The number of carbonyl (C=O) groups is 2. The van der Waals surface area contributed by atoms with Crippen LogP contribution in [-0.2, 0) is 32.2 Å². The molecule has 0 radical (unpaired) electrons. The van der Waals surface area contributed by atoms with Gasteiger partial charge >= 0.3 is 5.97 Å². The van der Waals surface area contributed by atoms with E-state index in [0.29, 0.717) is 34.8 Å². The Morgan fingerprint density at radius 2 is 2.00 bits per heavy atom. The third-order valence-electron chi connectivity index (χ3n) is 6.15. The minimum absolute atomic E-state index is 0.0245. The van der Waals surface area contributed by atoms with Crippen molar-refractivity contribution in [2.24, 2.45) is 0 Å². The molecular weight excluding hydrogens is 475 g/mol. The monoisotopic (exact) mass is 502 g/mol. The third-order valence-corrected chi connectivity index (χ3v) is 6.40. The summed E-state index contributed by atoms with van der Waals surface area (Å²) in [7, 11) is 0. The molecule has 0 spiro atoms. The Morgan fingerprint density at radius 1 is 1.20 bits per heavy atom. The lowest BCUT2D eigenvalue weighted by Crippen LogP contribution is -2.30. The summed E-state index contributed by atoms with van der Waals surface area (Å²) in [6.45, 7) is 0.488. The number of halogens is 2. The highest BCUT2D eigenvalue weighted by Gasteiger charge is 2.31. The first-order valence-corrected chi connectivity index (χ1v) is 12.1. The number of amides is 1. The van der Waals surface area contributed by atoms with Gasteiger partial charge in [-0.15, -0.1) is 0 Å². The van der Waals surface area contributed by atoms with Crippen molar-refractivity contribution in [3.8, 4) is 0 Å². The number of aliphatic hydroxyl groups excluding tert-OH is 1. The Morgan fingerprint density at radius 3 is 2.71 bits per heavy atom. The van der Waals surface area contributed by atoms with Crippen LogP contribution in [0.5, 0.6) is 0 Å². The van der Waals surface area contributed by atoms with Crippen LogP contribution in [0.2, 0.25) is 5.02 Å². The molecule has 0 saturated carbocycles. The predicted molar refractivity (Wildman–Crippen MR) is 129 cm³/mol. The maximum absolute atomic E-state index is 14.7. The van der Waals surface area contributed by atoms with Gasteiger partial charge in [0, 0.05) is 42.1 Å². The first-order chi connectivity index (χ1) is 16.9. The van der Waals surface area contributed by atoms with Crippen LogP contribution in [0.15, 0.2) is 48.2 Å². The second-order valence-corrected chi connectivity index (χ2v) is 9.07. The van der Waals surface area contributed by atoms with Crippen molar-refractivity contribution in [3.63, 3.8) is 0 Å². The molecule has 2 aliphatic rings. The van der Waals surface area contributed by atoms with Crippen LogP contribution in [0.3, 0.4) is 0 Å². The van der Waals surface area contributed by atoms with Crippen molar-refractivity contribution in [2.75, 3.05) is 11.9 Å². The molecule has 7 nitrogen and oxygen atoms in total. The Labute approximate surface area is 208 Å². The number of hydrogen-bond donors (Lipinski definition) is 3. The smallest absolute Gasteiger partial charge is 0.308 e. The van der Waals surface area contributed by atoms with Gasteiger partial charge in [-0.1, -0.05) is 29.8 Å². The summed E-state index contributed by atoms with van der Waals surface area (Å²) in [6, 6.07) is 10.0. The molecule has 2 aromatic rings. The molecule has 2 heterocycles. The lowest BCUT2D eigenvalue weighted by Gasteiger charge is -2.28. The Kier molecular flexibility index (Phi) is 8.38. The fraction of sp³-hybridized carbons (Fsp3) is 0.385. The number of carbonyl (C=O) groups excluding carboxylic acids is 2. The quantitative estimate of drug-likeness (QED) is 0.459. The first kappa shape index (κ1) is 25.2. The third kappa shape index (κ3) is 6.39. The fourth-order valence-electron chi connectivity index (χ4n) is 4.32. The van der Waals surface area contributed by atoms with Gasteiger partial charge in [-0.05, 0) is 54.2 Å². The number of rotatable bonds is 8. The molecule has 3 N–H and O–H groups in total. The topological polar surface area (TPSA) is 96.9 Å². The van der Waals surface area contributed by atoms with Gasteiger partial charge in [0.1, 0.15) is 5.82 Å². The molecule has 35 heavy (non-hydrogen) atoms. The van der Waals surface area contributed by atoms with Crippen molar-refractivity contribution >= 4 is 29.2 Å². The zero-order valence-electron chi connectivity index (χ0n) is 19.2. The fourth-order valence-corrected chi connectivity index (χ4v) is 4.44. The zero-order chi connectivity index (χ0) is 24.8. The second-order valence-electron chi connectivity index (χ2n) is 8.63. The normalized spacial score (nSPS) is 19.2. The van der Waals surface area contributed by atoms with E-state index in [0.717, 1.165) is 18.4 Å². The summed E-state index contributed by atoms with van der Waals surface area (Å²) >= 11 is 5.92. The van der Waals surface area contributed by atoms with E-state index in [2.05, 4.69) is 10.6 Å². The highest BCUT2D eigenvalue weighted by Crippen LogP contribution is 2.40. The van der Waals surface area contributed by atoms with Crippen LogP contribution in [0.1, 0.15) is 54.7 Å². The molecule has 186 valence electrons. The summed E-state index contributed by atoms with van der Waals surface area (Å²) < 4.78 is 25.6. The van der Waals surface area contributed by atoms with Crippen molar-refractivity contribution in [1.82, 2.24) is 5.32 Å². The van der Waals surface area contributed by atoms with Gasteiger partial charge < -0.3 is 25.2 Å². The second kappa shape index (κ2) is 11.7. The van der Waals surface area contributed by atoms with E-state index in [1.807, 2.05) is 12.1 Å². The molecule has 1 amide bonds. The minimum Gasteiger partial charge on any atom is -0.436 e. The lowest BCUT2D eigenvalue weighted by atomic mass is 9.83. The van der Waals surface area contributed by atoms with Gasteiger partial charge in [0.25, 0.3) is 0 Å². The molecule has 2 aliphatic heterocycles. The standard InChI is InChI=1S/C26H28ClFN2O5/c27-18-6-4-16(5-7-18)13-30-26(33)21-14-29-25-20(11-17(15-31)12-22(25)28)19(21)8-9-23(32)35-24-3-1-2-10-34-24/h4-7,11-12,14,19,24,29,31H,1-3,8-10,13,15H2,(H,30,33). The number of fused-ring (bicyclic) bond motifs is 1. The van der Waals surface area contributed by atoms with Gasteiger partial charge in [-0.25, -0.2) is 4.39 Å². The van der Waals surface area contributed by atoms with Gasteiger partial charge in [-0.3, -0.25) is 9.59 Å². The number of hydrogen-bond acceptors (Lipinski definition) is 6. The van der Waals surface area contributed by atoms with E-state index in [4.69, 9.17) is 21.1 Å². The highest BCUT2D eigenvalue weighted by molar-refractivity contribution is 6.30. The summed E-state index contributed by atoms with van der Waals surface area (Å²) in [4.78, 5) is 25.6. The van der Waals surface area contributed by atoms with Crippen LogP contribution in [0.4, 0.5) is 10.1 Å². The number of aliphatic hydroxyl groups is 1. The molecule has 9 heteroatoms. The van der Waals surface area contributed by atoms with E-state index >= 15 is 0 Å². The molecule has 1 fully saturated rings. The van der Waals surface area contributed by atoms with Crippen molar-refractivity contribution in [2.45, 2.75) is 57.5 Å². The number of nitrogens with one attached hydrogen (secondary N) is 2. The first-order valence-electron chi connectivity index (χ1n) is 11.7. The summed E-state index contributed by atoms with van der Waals surface area (Å²) in [5.74, 6) is -1.89. The van der Waals surface area contributed by atoms with Crippen LogP contribution in [0, 0.1) is 5.82 Å². The van der Waals surface area contributed by atoms with Crippen molar-refractivity contribution < 1.29 is 28.6 Å². The summed E-state index contributed by atoms with van der Waals surface area (Å²) in [5, 5.41) is 15.9. The SMILES string of the molecule is O=C(CCC1C(C(=O)NCc2ccc(Cl)cc2)=CNc2c(F)cc(CO)cc21)OC1CCCCO1. The van der Waals surface area contributed by atoms with Gasteiger partial charge in [0.2, 0.25) is 12.2 Å². The predicted octanol–water partition coefficient (Wildman–Crippen LogP) is 4.53. The van der Waals surface area contributed by atoms with E-state index in [1.54, 1.807) is 18.2 Å². The molecule has 4 rings (SSSR count). The average Bonchev–Trinajstić information content (AvgIpc) is 2.87. The van der Waals surface area contributed by atoms with Crippen molar-refractivity contribution in [1.29, 1.82) is 0 Å². The molecule has 0 bridgehead atoms. The van der Waals surface area contributed by atoms with Crippen LogP contribution in [-0.4, -0.2) is 29.9 Å². The maximum Gasteiger partial charge on any atom is 0.308 e. The summed E-state index contributed by atoms with van der Waals surface area (Å²) in [5.41, 5.74) is 2.35. The average molecular weight is 503 g/mol. The number of esters is 1. The Balaban J connectivity index is 1.50. The van der Waals surface area contributed by atoms with E-state index in [1.165, 1.54) is 12.3 Å². The largest absolute Gasteiger partial charge is 0.436 e. The molecule has 0 aromatic heterocycles. The maximum atomic E-state index is 14.7. The number of anilines is 1. The minimum atomic E-state index is -0.572. The van der Waals surface area contributed by atoms with Crippen molar-refractivity contribution in [3.05, 3.63) is 75.7 Å². The van der Waals surface area contributed by atoms with Crippen LogP contribution in [0.25, 0.3) is 0 Å². The molecule has 2 unspecified atom stereocenters. The Bertz CT molecular complexity index is 1100.